The largest absolute Gasteiger partial charge is 0.443 e. The number of nitriles is 1. The number of rotatable bonds is 2. The molecule has 0 aromatic carbocycles. The maximum atomic E-state index is 12.2. The molecule has 0 unspecified atom stereocenters. The van der Waals surface area contributed by atoms with Crippen LogP contribution in [0.3, 0.4) is 0 Å². The van der Waals surface area contributed by atoms with Crippen LogP contribution in [-0.4, -0.2) is 45.6 Å². The van der Waals surface area contributed by atoms with Gasteiger partial charge in [-0.15, -0.1) is 0 Å². The van der Waals surface area contributed by atoms with Crippen LogP contribution in [0, 0.1) is 11.3 Å². The first-order valence-electron chi connectivity index (χ1n) is 6.79. The summed E-state index contributed by atoms with van der Waals surface area (Å²) in [5.74, 6) is 0. The minimum Gasteiger partial charge on any atom is -0.443 e. The molecule has 22 heavy (non-hydrogen) atoms. The normalized spacial score (nSPS) is 14.3. The van der Waals surface area contributed by atoms with Crippen molar-refractivity contribution in [3.63, 3.8) is 0 Å². The monoisotopic (exact) mass is 315 g/mol. The zero-order valence-electron chi connectivity index (χ0n) is 14.2. The third kappa shape index (κ3) is 6.63. The first-order valence-corrected chi connectivity index (χ1v) is 6.79. The number of hydrogen-bond acceptors (Lipinski definition) is 6. The van der Waals surface area contributed by atoms with Gasteiger partial charge in [0.1, 0.15) is 11.2 Å². The van der Waals surface area contributed by atoms with Crippen molar-refractivity contribution in [3.05, 3.63) is 0 Å². The fourth-order valence-electron chi connectivity index (χ4n) is 1.23. The molecule has 0 rings (SSSR count). The van der Waals surface area contributed by atoms with Crippen molar-refractivity contribution in [1.82, 2.24) is 10.4 Å². The van der Waals surface area contributed by atoms with Crippen molar-refractivity contribution in [2.75, 3.05) is 6.61 Å². The van der Waals surface area contributed by atoms with Gasteiger partial charge in [0.2, 0.25) is 0 Å². The Morgan fingerprint density at radius 2 is 1.55 bits per heavy atom. The van der Waals surface area contributed by atoms with Crippen LogP contribution in [0.4, 0.5) is 9.59 Å². The lowest BCUT2D eigenvalue weighted by atomic mass is 10.1. The third-order valence-electron chi connectivity index (χ3n) is 2.22. The van der Waals surface area contributed by atoms with E-state index >= 15 is 0 Å². The second-order valence-electron chi connectivity index (χ2n) is 6.97. The quantitative estimate of drug-likeness (QED) is 0.753. The molecule has 0 aromatic heterocycles. The second-order valence-corrected chi connectivity index (χ2v) is 6.97. The average Bonchev–Trinajstić information content (AvgIpc) is 2.30. The molecular formula is C14H25N3O5. The molecule has 126 valence electrons. The summed E-state index contributed by atoms with van der Waals surface area (Å²) in [6, 6.07) is 1.77. The van der Waals surface area contributed by atoms with Crippen molar-refractivity contribution >= 4 is 12.2 Å². The van der Waals surface area contributed by atoms with E-state index < -0.39 is 35.5 Å². The van der Waals surface area contributed by atoms with Crippen LogP contribution in [0.1, 0.15) is 48.5 Å². The van der Waals surface area contributed by atoms with E-state index in [0.717, 1.165) is 0 Å². The lowest BCUT2D eigenvalue weighted by Gasteiger charge is -2.35. The molecule has 0 saturated heterocycles. The van der Waals surface area contributed by atoms with Crippen LogP contribution >= 0.6 is 0 Å². The standard InChI is InChI=1S/C14H25N3O5/c1-12(2,3)21-10(19)16-17(14(7,8-15)9-18)11(20)22-13(4,5)6/h18H,9H2,1-7H3,(H,16,19)/t14-/m1/s1. The Bertz CT molecular complexity index is 459. The Balaban J connectivity index is 5.33. The highest BCUT2D eigenvalue weighted by molar-refractivity contribution is 5.75. The number of ether oxygens (including phenoxy) is 2. The zero-order valence-corrected chi connectivity index (χ0v) is 14.2. The molecule has 0 aliphatic rings. The lowest BCUT2D eigenvalue weighted by molar-refractivity contribution is -0.0271. The summed E-state index contributed by atoms with van der Waals surface area (Å²) in [5.41, 5.74) is -1.16. The molecule has 8 heteroatoms. The van der Waals surface area contributed by atoms with E-state index in [1.807, 2.05) is 0 Å². The summed E-state index contributed by atoms with van der Waals surface area (Å²) in [5, 5.41) is 19.2. The van der Waals surface area contributed by atoms with Gasteiger partial charge in [0, 0.05) is 0 Å². The molecule has 0 heterocycles. The fourth-order valence-corrected chi connectivity index (χ4v) is 1.23. The number of aliphatic hydroxyl groups is 1. The summed E-state index contributed by atoms with van der Waals surface area (Å²) in [4.78, 5) is 24.0. The predicted molar refractivity (Wildman–Crippen MR) is 78.5 cm³/mol. The molecular weight excluding hydrogens is 290 g/mol. The Morgan fingerprint density at radius 1 is 1.09 bits per heavy atom. The number of carbonyl (C=O) groups excluding carboxylic acids is 2. The molecule has 8 nitrogen and oxygen atoms in total. The van der Waals surface area contributed by atoms with E-state index in [2.05, 4.69) is 5.43 Å². The van der Waals surface area contributed by atoms with Crippen LogP contribution in [0.15, 0.2) is 0 Å². The molecule has 2 amide bonds. The molecule has 0 saturated carbocycles. The molecule has 2 N–H and O–H groups in total. The molecule has 0 bridgehead atoms. The number of aliphatic hydroxyl groups excluding tert-OH is 1. The molecule has 0 aliphatic carbocycles. The van der Waals surface area contributed by atoms with Gasteiger partial charge in [0.05, 0.1) is 12.7 Å². The van der Waals surface area contributed by atoms with Gasteiger partial charge >= 0.3 is 12.2 Å². The Hall–Kier alpha value is -2.01. The maximum Gasteiger partial charge on any atom is 0.430 e. The van der Waals surface area contributed by atoms with Crippen molar-refractivity contribution in [2.45, 2.75) is 65.2 Å². The van der Waals surface area contributed by atoms with Crippen LogP contribution < -0.4 is 5.43 Å². The maximum absolute atomic E-state index is 12.2. The van der Waals surface area contributed by atoms with Gasteiger partial charge in [0.15, 0.2) is 5.54 Å². The number of nitrogens with one attached hydrogen (secondary N) is 1. The van der Waals surface area contributed by atoms with Gasteiger partial charge < -0.3 is 14.6 Å². The average molecular weight is 315 g/mol. The first-order chi connectivity index (χ1) is 9.74. The molecule has 1 atom stereocenters. The highest BCUT2D eigenvalue weighted by atomic mass is 16.6. The van der Waals surface area contributed by atoms with Gasteiger partial charge in [-0.25, -0.2) is 15.0 Å². The highest BCUT2D eigenvalue weighted by Crippen LogP contribution is 2.17. The van der Waals surface area contributed by atoms with Crippen molar-refractivity contribution in [3.8, 4) is 6.07 Å². The Kier molecular flexibility index (Phi) is 6.21. The summed E-state index contributed by atoms with van der Waals surface area (Å²) in [6.45, 7) is 10.5. The van der Waals surface area contributed by atoms with E-state index in [-0.39, 0.29) is 0 Å². The van der Waals surface area contributed by atoms with Gasteiger partial charge in [-0.2, -0.15) is 10.3 Å². The van der Waals surface area contributed by atoms with Crippen LogP contribution in [0.5, 0.6) is 0 Å². The topological polar surface area (TPSA) is 112 Å². The summed E-state index contributed by atoms with van der Waals surface area (Å²) in [7, 11) is 0. The van der Waals surface area contributed by atoms with Crippen molar-refractivity contribution in [1.29, 1.82) is 5.26 Å². The number of carbonyl (C=O) groups is 2. The SMILES string of the molecule is CC(C)(C)OC(=O)NN(C(=O)OC(C)(C)C)[C@](C)(C#N)CO. The molecule has 0 fully saturated rings. The van der Waals surface area contributed by atoms with E-state index in [1.54, 1.807) is 47.6 Å². The number of hydrazine groups is 1. The summed E-state index contributed by atoms with van der Waals surface area (Å²) in [6.07, 6.45) is -1.91. The first kappa shape index (κ1) is 20.0. The van der Waals surface area contributed by atoms with Crippen molar-refractivity contribution in [2.24, 2.45) is 0 Å². The zero-order chi connectivity index (χ0) is 17.8. The summed E-state index contributed by atoms with van der Waals surface area (Å²) < 4.78 is 10.2. The second kappa shape index (κ2) is 6.83. The van der Waals surface area contributed by atoms with Gasteiger partial charge in [-0.05, 0) is 48.5 Å². The minimum absolute atomic E-state index is 0.631. The number of amides is 2. The Morgan fingerprint density at radius 3 is 1.86 bits per heavy atom. The smallest absolute Gasteiger partial charge is 0.430 e. The van der Waals surface area contributed by atoms with Crippen LogP contribution in [0.25, 0.3) is 0 Å². The van der Waals surface area contributed by atoms with Crippen LogP contribution in [0.2, 0.25) is 0 Å². The summed E-state index contributed by atoms with van der Waals surface area (Å²) >= 11 is 0. The van der Waals surface area contributed by atoms with E-state index in [4.69, 9.17) is 9.47 Å². The van der Waals surface area contributed by atoms with Crippen molar-refractivity contribution < 1.29 is 24.2 Å². The van der Waals surface area contributed by atoms with E-state index in [1.165, 1.54) is 6.92 Å². The Labute approximate surface area is 131 Å². The molecule has 0 aromatic rings. The number of nitrogens with zero attached hydrogens (tertiary/aromatic N) is 2. The van der Waals surface area contributed by atoms with Gasteiger partial charge in [-0.3, -0.25) is 0 Å². The van der Waals surface area contributed by atoms with Gasteiger partial charge in [-0.1, -0.05) is 0 Å². The fraction of sp³-hybridized carbons (Fsp3) is 0.786. The lowest BCUT2D eigenvalue weighted by Crippen LogP contribution is -2.61. The predicted octanol–water partition coefficient (Wildman–Crippen LogP) is 1.94. The molecule has 0 spiro atoms. The van der Waals surface area contributed by atoms with Crippen LogP contribution in [-0.2, 0) is 9.47 Å². The number of hydrogen-bond donors (Lipinski definition) is 2. The molecule has 0 aliphatic heterocycles. The van der Waals surface area contributed by atoms with E-state index in [9.17, 15) is 20.0 Å². The molecule has 0 radical (unpaired) electrons. The van der Waals surface area contributed by atoms with Gasteiger partial charge in [0.25, 0.3) is 0 Å². The van der Waals surface area contributed by atoms with E-state index in [0.29, 0.717) is 5.01 Å². The minimum atomic E-state index is -1.70. The highest BCUT2D eigenvalue weighted by Gasteiger charge is 2.40. The third-order valence-corrected chi connectivity index (χ3v) is 2.22.